The molecule has 1 aliphatic heterocycles. The van der Waals surface area contributed by atoms with Crippen LogP contribution in [0.4, 0.5) is 4.39 Å². The van der Waals surface area contributed by atoms with Crippen molar-refractivity contribution in [2.45, 2.75) is 6.42 Å². The number of nitrogens with zero attached hydrogens (tertiary/aromatic N) is 3. The number of likely N-dealkylation sites (N-methyl/N-ethyl adjacent to an activating group) is 1. The van der Waals surface area contributed by atoms with Gasteiger partial charge in [-0.3, -0.25) is 14.6 Å². The summed E-state index contributed by atoms with van der Waals surface area (Å²) >= 11 is 0. The number of carbonyl (C=O) groups excluding carboxylic acids is 2. The Kier molecular flexibility index (Phi) is 6.07. The second-order valence-corrected chi connectivity index (χ2v) is 7.82. The minimum atomic E-state index is -0.381. The summed E-state index contributed by atoms with van der Waals surface area (Å²) in [7, 11) is 1.77. The highest BCUT2D eigenvalue weighted by molar-refractivity contribution is 5.94. The fraction of sp³-hybridized carbons (Fsp3) is 0.240. The molecule has 0 radical (unpaired) electrons. The van der Waals surface area contributed by atoms with Crippen molar-refractivity contribution < 1.29 is 14.0 Å². The fourth-order valence-electron chi connectivity index (χ4n) is 4.04. The number of halogens is 1. The van der Waals surface area contributed by atoms with Crippen LogP contribution in [0.2, 0.25) is 0 Å². The van der Waals surface area contributed by atoms with Crippen LogP contribution in [0.1, 0.15) is 15.9 Å². The SMILES string of the molecule is CN1CCN(C(=O)c2ccncc2)C[C@@H](Cc2ccccc2-c2cccc(F)c2)C1=O. The Morgan fingerprint density at radius 2 is 1.84 bits per heavy atom. The highest BCUT2D eigenvalue weighted by Gasteiger charge is 2.31. The van der Waals surface area contributed by atoms with E-state index < -0.39 is 0 Å². The minimum Gasteiger partial charge on any atom is -0.344 e. The first-order valence-electron chi connectivity index (χ1n) is 10.3. The van der Waals surface area contributed by atoms with Gasteiger partial charge in [0.05, 0.1) is 5.92 Å². The van der Waals surface area contributed by atoms with Crippen LogP contribution in [0.25, 0.3) is 11.1 Å². The van der Waals surface area contributed by atoms with E-state index >= 15 is 0 Å². The molecule has 31 heavy (non-hydrogen) atoms. The average molecular weight is 417 g/mol. The summed E-state index contributed by atoms with van der Waals surface area (Å²) in [5, 5.41) is 0. The maximum absolute atomic E-state index is 13.8. The van der Waals surface area contributed by atoms with E-state index in [0.717, 1.165) is 16.7 Å². The second-order valence-electron chi connectivity index (χ2n) is 7.82. The first-order chi connectivity index (χ1) is 15.0. The summed E-state index contributed by atoms with van der Waals surface area (Å²) in [4.78, 5) is 33.5. The molecular formula is C25H24FN3O2. The van der Waals surface area contributed by atoms with Crippen molar-refractivity contribution in [2.75, 3.05) is 26.7 Å². The molecule has 1 aliphatic rings. The summed E-state index contributed by atoms with van der Waals surface area (Å²) in [5.74, 6) is -0.771. The second kappa shape index (κ2) is 9.08. The molecule has 5 nitrogen and oxygen atoms in total. The third-order valence-electron chi connectivity index (χ3n) is 5.71. The lowest BCUT2D eigenvalue weighted by atomic mass is 9.91. The van der Waals surface area contributed by atoms with Crippen LogP contribution in [0.15, 0.2) is 73.1 Å². The Balaban J connectivity index is 1.62. The zero-order valence-corrected chi connectivity index (χ0v) is 17.4. The van der Waals surface area contributed by atoms with E-state index in [-0.39, 0.29) is 23.5 Å². The molecule has 3 aromatic rings. The van der Waals surface area contributed by atoms with Crippen molar-refractivity contribution in [3.63, 3.8) is 0 Å². The molecule has 0 N–H and O–H groups in total. The van der Waals surface area contributed by atoms with Crippen LogP contribution < -0.4 is 0 Å². The molecule has 2 heterocycles. The number of hydrogen-bond donors (Lipinski definition) is 0. The van der Waals surface area contributed by atoms with Gasteiger partial charge in [-0.05, 0) is 47.4 Å². The van der Waals surface area contributed by atoms with Crippen molar-refractivity contribution in [1.82, 2.24) is 14.8 Å². The Bertz CT molecular complexity index is 1090. The zero-order valence-electron chi connectivity index (χ0n) is 17.4. The van der Waals surface area contributed by atoms with E-state index in [1.165, 1.54) is 12.1 Å². The van der Waals surface area contributed by atoms with Gasteiger partial charge in [0.25, 0.3) is 5.91 Å². The molecule has 1 fully saturated rings. The van der Waals surface area contributed by atoms with Gasteiger partial charge in [-0.2, -0.15) is 0 Å². The summed E-state index contributed by atoms with van der Waals surface area (Å²) in [5.41, 5.74) is 3.19. The number of carbonyl (C=O) groups is 2. The van der Waals surface area contributed by atoms with Gasteiger partial charge in [-0.1, -0.05) is 36.4 Å². The molecule has 0 unspecified atom stereocenters. The van der Waals surface area contributed by atoms with Gasteiger partial charge in [0.2, 0.25) is 5.91 Å². The number of pyridine rings is 1. The summed E-state index contributed by atoms with van der Waals surface area (Å²) in [6.07, 6.45) is 3.65. The molecule has 4 rings (SSSR count). The van der Waals surface area contributed by atoms with Gasteiger partial charge in [-0.15, -0.1) is 0 Å². The van der Waals surface area contributed by atoms with Crippen LogP contribution in [0.3, 0.4) is 0 Å². The first kappa shape index (κ1) is 20.7. The molecule has 1 atom stereocenters. The Morgan fingerprint density at radius 3 is 2.61 bits per heavy atom. The lowest BCUT2D eigenvalue weighted by Crippen LogP contribution is -2.37. The highest BCUT2D eigenvalue weighted by Crippen LogP contribution is 2.28. The predicted molar refractivity (Wildman–Crippen MR) is 117 cm³/mol. The first-order valence-corrected chi connectivity index (χ1v) is 10.3. The molecule has 158 valence electrons. The molecule has 1 saturated heterocycles. The Labute approximate surface area is 181 Å². The van der Waals surface area contributed by atoms with Gasteiger partial charge in [0.15, 0.2) is 0 Å². The largest absolute Gasteiger partial charge is 0.344 e. The van der Waals surface area contributed by atoms with Gasteiger partial charge >= 0.3 is 0 Å². The third kappa shape index (κ3) is 4.63. The molecule has 2 amide bonds. The third-order valence-corrected chi connectivity index (χ3v) is 5.71. The number of benzene rings is 2. The van der Waals surface area contributed by atoms with E-state index in [4.69, 9.17) is 0 Å². The fourth-order valence-corrected chi connectivity index (χ4v) is 4.04. The molecule has 0 aliphatic carbocycles. The highest BCUT2D eigenvalue weighted by atomic mass is 19.1. The summed E-state index contributed by atoms with van der Waals surface area (Å²) in [6.45, 7) is 1.30. The van der Waals surface area contributed by atoms with E-state index in [0.29, 0.717) is 31.6 Å². The van der Waals surface area contributed by atoms with E-state index in [2.05, 4.69) is 4.98 Å². The summed E-state index contributed by atoms with van der Waals surface area (Å²) in [6, 6.07) is 17.6. The molecule has 0 spiro atoms. The Morgan fingerprint density at radius 1 is 1.06 bits per heavy atom. The zero-order chi connectivity index (χ0) is 21.8. The normalized spacial score (nSPS) is 16.8. The maximum atomic E-state index is 13.8. The number of rotatable bonds is 4. The van der Waals surface area contributed by atoms with Gasteiger partial charge in [0, 0.05) is 44.6 Å². The molecular weight excluding hydrogens is 393 g/mol. The molecule has 0 bridgehead atoms. The smallest absolute Gasteiger partial charge is 0.254 e. The molecule has 6 heteroatoms. The quantitative estimate of drug-likeness (QED) is 0.651. The molecule has 2 aromatic carbocycles. The molecule has 0 saturated carbocycles. The topological polar surface area (TPSA) is 53.5 Å². The van der Waals surface area contributed by atoms with Crippen molar-refractivity contribution in [3.05, 3.63) is 90.0 Å². The van der Waals surface area contributed by atoms with Crippen LogP contribution in [-0.2, 0) is 11.2 Å². The van der Waals surface area contributed by atoms with Crippen molar-refractivity contribution in [1.29, 1.82) is 0 Å². The number of hydrogen-bond acceptors (Lipinski definition) is 3. The van der Waals surface area contributed by atoms with Crippen LogP contribution in [0, 0.1) is 11.7 Å². The van der Waals surface area contributed by atoms with Crippen LogP contribution in [0.5, 0.6) is 0 Å². The van der Waals surface area contributed by atoms with Crippen molar-refractivity contribution in [2.24, 2.45) is 5.92 Å². The van der Waals surface area contributed by atoms with Gasteiger partial charge in [0.1, 0.15) is 5.82 Å². The van der Waals surface area contributed by atoms with E-state index in [1.54, 1.807) is 47.4 Å². The molecule has 1 aromatic heterocycles. The Hall–Kier alpha value is -3.54. The van der Waals surface area contributed by atoms with Crippen molar-refractivity contribution >= 4 is 11.8 Å². The van der Waals surface area contributed by atoms with Crippen molar-refractivity contribution in [3.8, 4) is 11.1 Å². The summed E-state index contributed by atoms with van der Waals surface area (Å²) < 4.78 is 13.8. The van der Waals surface area contributed by atoms with Gasteiger partial charge in [-0.25, -0.2) is 4.39 Å². The number of aromatic nitrogens is 1. The maximum Gasteiger partial charge on any atom is 0.254 e. The predicted octanol–water partition coefficient (Wildman–Crippen LogP) is 3.66. The monoisotopic (exact) mass is 417 g/mol. The lowest BCUT2D eigenvalue weighted by molar-refractivity contribution is -0.133. The van der Waals surface area contributed by atoms with Crippen LogP contribution >= 0.6 is 0 Å². The van der Waals surface area contributed by atoms with Gasteiger partial charge < -0.3 is 9.80 Å². The average Bonchev–Trinajstić information content (AvgIpc) is 2.93. The van der Waals surface area contributed by atoms with Crippen LogP contribution in [-0.4, -0.2) is 53.3 Å². The minimum absolute atomic E-state index is 0.0130. The number of amides is 2. The van der Waals surface area contributed by atoms with E-state index in [9.17, 15) is 14.0 Å². The van der Waals surface area contributed by atoms with E-state index in [1.807, 2.05) is 30.3 Å². The lowest BCUT2D eigenvalue weighted by Gasteiger charge is -2.24. The standard InChI is InChI=1S/C25H24FN3O2/c1-28-13-14-29(25(31)18-9-11-27-12-10-18)17-21(24(28)30)15-19-5-2-3-8-23(19)20-6-4-7-22(26)16-20/h2-12,16,21H,13-15,17H2,1H3/t21-/m1/s1.